The van der Waals surface area contributed by atoms with Crippen LogP contribution < -0.4 is 0 Å². The molecule has 0 aromatic heterocycles. The van der Waals surface area contributed by atoms with Crippen molar-refractivity contribution in [1.82, 2.24) is 0 Å². The van der Waals surface area contributed by atoms with E-state index < -0.39 is 0 Å². The molecule has 6 atom stereocenters. The van der Waals surface area contributed by atoms with Crippen molar-refractivity contribution in [3.8, 4) is 0 Å². The zero-order chi connectivity index (χ0) is 21.0. The van der Waals surface area contributed by atoms with Crippen LogP contribution in [0.3, 0.4) is 0 Å². The van der Waals surface area contributed by atoms with Crippen LogP contribution in [0.4, 0.5) is 0 Å². The molecule has 0 aromatic rings. The van der Waals surface area contributed by atoms with E-state index in [-0.39, 0.29) is 10.8 Å². The number of carbonyl (C=O) groups excluding carboxylic acids is 1. The molecule has 0 amide bonds. The Labute approximate surface area is 180 Å². The summed E-state index contributed by atoms with van der Waals surface area (Å²) in [5, 5.41) is 0. The molecule has 1 nitrogen and oxygen atoms in total. The summed E-state index contributed by atoms with van der Waals surface area (Å²) in [5.41, 5.74) is 4.75. The molecule has 4 aliphatic rings. The standard InChI is InChI=1S/C28H46O/c1-19(2)8-7-9-20(3)23-10-11-24-22-13-15-26(4)18-21(29)12-17-28(26,6)25(22)14-16-27(23,24)5/h19-20,23-24H,7-18H2,1-6H3. The minimum absolute atomic E-state index is 0.219. The third-order valence-electron chi connectivity index (χ3n) is 10.7. The van der Waals surface area contributed by atoms with Crippen molar-refractivity contribution in [3.63, 3.8) is 0 Å². The van der Waals surface area contributed by atoms with E-state index >= 15 is 0 Å². The smallest absolute Gasteiger partial charge is 0.133 e. The van der Waals surface area contributed by atoms with E-state index in [1.165, 1.54) is 57.8 Å². The number of hydrogen-bond acceptors (Lipinski definition) is 1. The summed E-state index contributed by atoms with van der Waals surface area (Å²) >= 11 is 0. The fraction of sp³-hybridized carbons (Fsp3) is 0.893. The van der Waals surface area contributed by atoms with Crippen LogP contribution in [0.25, 0.3) is 0 Å². The van der Waals surface area contributed by atoms with Gasteiger partial charge in [0.1, 0.15) is 5.78 Å². The molecule has 29 heavy (non-hydrogen) atoms. The topological polar surface area (TPSA) is 17.1 Å². The quantitative estimate of drug-likeness (QED) is 0.427. The summed E-state index contributed by atoms with van der Waals surface area (Å²) in [6.07, 6.45) is 15.1. The Hall–Kier alpha value is -0.590. The minimum atomic E-state index is 0.219. The first-order valence-corrected chi connectivity index (χ1v) is 12.8. The highest BCUT2D eigenvalue weighted by atomic mass is 16.1. The van der Waals surface area contributed by atoms with Gasteiger partial charge < -0.3 is 0 Å². The Kier molecular flexibility index (Phi) is 5.61. The van der Waals surface area contributed by atoms with Crippen LogP contribution in [-0.4, -0.2) is 5.78 Å². The van der Waals surface area contributed by atoms with E-state index in [0.29, 0.717) is 11.2 Å². The van der Waals surface area contributed by atoms with E-state index in [9.17, 15) is 4.79 Å². The van der Waals surface area contributed by atoms with E-state index in [0.717, 1.165) is 42.9 Å². The fourth-order valence-corrected chi connectivity index (χ4v) is 8.60. The van der Waals surface area contributed by atoms with Crippen LogP contribution in [0.1, 0.15) is 119 Å². The highest BCUT2D eigenvalue weighted by molar-refractivity contribution is 5.80. The van der Waals surface area contributed by atoms with Crippen molar-refractivity contribution >= 4 is 5.78 Å². The predicted octanol–water partition coefficient (Wildman–Crippen LogP) is 8.13. The molecule has 0 aliphatic heterocycles. The van der Waals surface area contributed by atoms with Crippen LogP contribution in [0.15, 0.2) is 11.1 Å². The monoisotopic (exact) mass is 398 g/mol. The summed E-state index contributed by atoms with van der Waals surface area (Å²) in [6, 6.07) is 0. The number of rotatable bonds is 5. The third kappa shape index (κ3) is 3.38. The van der Waals surface area contributed by atoms with Crippen LogP contribution >= 0.6 is 0 Å². The molecule has 6 unspecified atom stereocenters. The van der Waals surface area contributed by atoms with Gasteiger partial charge >= 0.3 is 0 Å². The number of allylic oxidation sites excluding steroid dienone is 2. The van der Waals surface area contributed by atoms with Gasteiger partial charge in [-0.15, -0.1) is 0 Å². The Balaban J connectivity index is 1.57. The SMILES string of the molecule is CC(C)CCCC(C)C1CCC2C3=C(CCC21C)C1(C)CCC(=O)CC1(C)CC3. The van der Waals surface area contributed by atoms with Gasteiger partial charge in [-0.25, -0.2) is 0 Å². The number of hydrogen-bond donors (Lipinski definition) is 0. The van der Waals surface area contributed by atoms with Crippen molar-refractivity contribution < 1.29 is 4.79 Å². The van der Waals surface area contributed by atoms with Gasteiger partial charge in [-0.3, -0.25) is 4.79 Å². The molecular formula is C28H46O. The molecule has 0 spiro atoms. The molecule has 0 bridgehead atoms. The van der Waals surface area contributed by atoms with Crippen LogP contribution in [-0.2, 0) is 4.79 Å². The average molecular weight is 399 g/mol. The number of Topliss-reactive ketones (excluding diaryl/α,β-unsaturated/α-hetero) is 1. The Morgan fingerprint density at radius 3 is 2.41 bits per heavy atom. The highest BCUT2D eigenvalue weighted by Gasteiger charge is 2.58. The molecule has 0 heterocycles. The Bertz CT molecular complexity index is 686. The lowest BCUT2D eigenvalue weighted by molar-refractivity contribution is -0.129. The zero-order valence-electron chi connectivity index (χ0n) is 20.2. The van der Waals surface area contributed by atoms with Gasteiger partial charge in [-0.1, -0.05) is 72.0 Å². The molecular weight excluding hydrogens is 352 g/mol. The second-order valence-electron chi connectivity index (χ2n) is 12.7. The largest absolute Gasteiger partial charge is 0.300 e. The molecule has 0 saturated heterocycles. The zero-order valence-corrected chi connectivity index (χ0v) is 20.2. The first-order valence-electron chi connectivity index (χ1n) is 12.8. The Morgan fingerprint density at radius 2 is 1.69 bits per heavy atom. The first kappa shape index (κ1) is 21.6. The van der Waals surface area contributed by atoms with Crippen LogP contribution in [0.2, 0.25) is 0 Å². The second-order valence-corrected chi connectivity index (χ2v) is 12.7. The number of ketones is 1. The van der Waals surface area contributed by atoms with Crippen molar-refractivity contribution in [3.05, 3.63) is 11.1 Å². The lowest BCUT2D eigenvalue weighted by atomic mass is 9.45. The highest BCUT2D eigenvalue weighted by Crippen LogP contribution is 2.68. The van der Waals surface area contributed by atoms with Gasteiger partial charge in [0, 0.05) is 12.8 Å². The summed E-state index contributed by atoms with van der Waals surface area (Å²) in [4.78, 5) is 12.3. The van der Waals surface area contributed by atoms with Crippen molar-refractivity contribution in [2.24, 2.45) is 39.9 Å². The van der Waals surface area contributed by atoms with Gasteiger partial charge in [-0.05, 0) is 84.9 Å². The predicted molar refractivity (Wildman–Crippen MR) is 123 cm³/mol. The Morgan fingerprint density at radius 1 is 0.931 bits per heavy atom. The summed E-state index contributed by atoms with van der Waals surface area (Å²) in [6.45, 7) is 14.9. The maximum atomic E-state index is 12.3. The maximum Gasteiger partial charge on any atom is 0.133 e. The molecule has 0 radical (unpaired) electrons. The molecule has 4 rings (SSSR count). The van der Waals surface area contributed by atoms with Crippen LogP contribution in [0, 0.1) is 39.9 Å². The van der Waals surface area contributed by atoms with Gasteiger partial charge in [0.25, 0.3) is 0 Å². The summed E-state index contributed by atoms with van der Waals surface area (Å²) in [5.74, 6) is 4.00. The van der Waals surface area contributed by atoms with E-state index in [1.807, 2.05) is 11.1 Å². The molecule has 2 fully saturated rings. The van der Waals surface area contributed by atoms with Gasteiger partial charge in [-0.2, -0.15) is 0 Å². The maximum absolute atomic E-state index is 12.3. The molecule has 1 heteroatoms. The van der Waals surface area contributed by atoms with Gasteiger partial charge in [0.05, 0.1) is 0 Å². The normalized spacial score (nSPS) is 43.2. The fourth-order valence-electron chi connectivity index (χ4n) is 8.60. The van der Waals surface area contributed by atoms with Crippen molar-refractivity contribution in [2.75, 3.05) is 0 Å². The molecule has 0 N–H and O–H groups in total. The molecule has 0 aromatic carbocycles. The van der Waals surface area contributed by atoms with E-state index in [4.69, 9.17) is 0 Å². The molecule has 164 valence electrons. The van der Waals surface area contributed by atoms with Crippen LogP contribution in [0.5, 0.6) is 0 Å². The summed E-state index contributed by atoms with van der Waals surface area (Å²) in [7, 11) is 0. The van der Waals surface area contributed by atoms with E-state index in [1.54, 1.807) is 0 Å². The summed E-state index contributed by atoms with van der Waals surface area (Å²) < 4.78 is 0. The number of fused-ring (bicyclic) bond motifs is 4. The average Bonchev–Trinajstić information content (AvgIpc) is 2.99. The molecule has 4 aliphatic carbocycles. The van der Waals surface area contributed by atoms with E-state index in [2.05, 4.69) is 41.5 Å². The minimum Gasteiger partial charge on any atom is -0.300 e. The van der Waals surface area contributed by atoms with Crippen molar-refractivity contribution in [2.45, 2.75) is 119 Å². The number of carbonyl (C=O) groups is 1. The van der Waals surface area contributed by atoms with Gasteiger partial charge in [0.15, 0.2) is 0 Å². The third-order valence-corrected chi connectivity index (χ3v) is 10.7. The van der Waals surface area contributed by atoms with Crippen molar-refractivity contribution in [1.29, 1.82) is 0 Å². The second kappa shape index (κ2) is 7.52. The molecule has 2 saturated carbocycles. The first-order chi connectivity index (χ1) is 13.6. The lowest BCUT2D eigenvalue weighted by Crippen LogP contribution is -2.50. The lowest BCUT2D eigenvalue weighted by Gasteiger charge is -2.59. The van der Waals surface area contributed by atoms with Gasteiger partial charge in [0.2, 0.25) is 0 Å².